The van der Waals surface area contributed by atoms with E-state index >= 15 is 0 Å². The fraction of sp³-hybridized carbons (Fsp3) is 0.688. The van der Waals surface area contributed by atoms with Gasteiger partial charge in [0.1, 0.15) is 0 Å². The molecule has 0 aromatic carbocycles. The molecule has 1 heterocycles. The molecule has 106 valence electrons. The number of carbonyl (C=O) groups is 1. The van der Waals surface area contributed by atoms with Crippen LogP contribution in [-0.2, 0) is 0 Å². The molecule has 0 N–H and O–H groups in total. The first-order valence-corrected chi connectivity index (χ1v) is 8.31. The van der Waals surface area contributed by atoms with Crippen LogP contribution in [0.1, 0.15) is 55.1 Å². The van der Waals surface area contributed by atoms with Crippen molar-refractivity contribution in [2.45, 2.75) is 51.5 Å². The van der Waals surface area contributed by atoms with E-state index in [0.717, 1.165) is 29.8 Å². The minimum absolute atomic E-state index is 0.306. The van der Waals surface area contributed by atoms with Gasteiger partial charge in [0.05, 0.1) is 4.88 Å². The van der Waals surface area contributed by atoms with Crippen LogP contribution in [0.5, 0.6) is 0 Å². The van der Waals surface area contributed by atoms with Crippen LogP contribution in [0.3, 0.4) is 0 Å². The second kappa shape index (κ2) is 7.20. The van der Waals surface area contributed by atoms with Gasteiger partial charge in [0.15, 0.2) is 5.78 Å². The zero-order valence-electron chi connectivity index (χ0n) is 12.1. The average molecular weight is 279 g/mol. The summed E-state index contributed by atoms with van der Waals surface area (Å²) in [5.41, 5.74) is 0. The van der Waals surface area contributed by atoms with Crippen LogP contribution in [-0.4, -0.2) is 30.3 Å². The van der Waals surface area contributed by atoms with Gasteiger partial charge in [0, 0.05) is 12.5 Å². The van der Waals surface area contributed by atoms with E-state index in [1.54, 1.807) is 11.3 Å². The summed E-state index contributed by atoms with van der Waals surface area (Å²) in [5.74, 6) is 1.18. The molecule has 0 radical (unpaired) electrons. The number of carbonyl (C=O) groups excluding carboxylic acids is 1. The fourth-order valence-electron chi connectivity index (χ4n) is 3.03. The van der Waals surface area contributed by atoms with E-state index < -0.39 is 0 Å². The van der Waals surface area contributed by atoms with E-state index in [1.807, 2.05) is 17.5 Å². The van der Waals surface area contributed by atoms with Crippen molar-refractivity contribution >= 4 is 17.1 Å². The maximum atomic E-state index is 11.9. The maximum absolute atomic E-state index is 11.9. The molecule has 2 unspecified atom stereocenters. The van der Waals surface area contributed by atoms with Gasteiger partial charge < -0.3 is 4.90 Å². The summed E-state index contributed by atoms with van der Waals surface area (Å²) in [6.07, 6.45) is 7.09. The monoisotopic (exact) mass is 279 g/mol. The van der Waals surface area contributed by atoms with Gasteiger partial charge in [-0.15, -0.1) is 11.3 Å². The lowest BCUT2D eigenvalue weighted by atomic mass is 9.86. The fourth-order valence-corrected chi connectivity index (χ4v) is 3.73. The van der Waals surface area contributed by atoms with Crippen LogP contribution >= 0.6 is 11.3 Å². The van der Waals surface area contributed by atoms with Crippen LogP contribution in [0.25, 0.3) is 0 Å². The Morgan fingerprint density at radius 2 is 2.32 bits per heavy atom. The third kappa shape index (κ3) is 4.43. The molecule has 2 atom stereocenters. The molecule has 0 aliphatic heterocycles. The highest BCUT2D eigenvalue weighted by Crippen LogP contribution is 2.26. The SMILES string of the molecule is CC1CCCC(N(C)CCCC(=O)c2cccs2)C1. The van der Waals surface area contributed by atoms with Crippen molar-refractivity contribution in [3.8, 4) is 0 Å². The third-order valence-corrected chi connectivity index (χ3v) is 5.15. The van der Waals surface area contributed by atoms with Crippen LogP contribution in [0, 0.1) is 5.92 Å². The molecule has 2 rings (SSSR count). The number of hydrogen-bond donors (Lipinski definition) is 0. The molecule has 1 fully saturated rings. The molecule has 1 aliphatic rings. The lowest BCUT2D eigenvalue weighted by Crippen LogP contribution is -2.36. The minimum Gasteiger partial charge on any atom is -0.303 e. The Balaban J connectivity index is 1.69. The number of thiophene rings is 1. The highest BCUT2D eigenvalue weighted by Gasteiger charge is 2.22. The summed E-state index contributed by atoms with van der Waals surface area (Å²) in [4.78, 5) is 15.3. The zero-order chi connectivity index (χ0) is 13.7. The van der Waals surface area contributed by atoms with Crippen molar-refractivity contribution in [1.29, 1.82) is 0 Å². The molecule has 2 nitrogen and oxygen atoms in total. The third-order valence-electron chi connectivity index (χ3n) is 4.24. The van der Waals surface area contributed by atoms with E-state index in [0.29, 0.717) is 12.2 Å². The standard InChI is InChI=1S/C16H25NOS/c1-13-6-3-7-14(12-13)17(2)10-4-8-15(18)16-9-5-11-19-16/h5,9,11,13-14H,3-4,6-8,10,12H2,1-2H3. The Morgan fingerprint density at radius 1 is 1.47 bits per heavy atom. The second-order valence-electron chi connectivity index (χ2n) is 5.91. The summed E-state index contributed by atoms with van der Waals surface area (Å²) in [6.45, 7) is 3.41. The Bertz CT molecular complexity index is 387. The molecular formula is C16H25NOS. The van der Waals surface area contributed by atoms with Crippen molar-refractivity contribution in [3.05, 3.63) is 22.4 Å². The first kappa shape index (κ1) is 14.7. The van der Waals surface area contributed by atoms with E-state index in [9.17, 15) is 4.79 Å². The topological polar surface area (TPSA) is 20.3 Å². The van der Waals surface area contributed by atoms with Crippen LogP contribution in [0.15, 0.2) is 17.5 Å². The van der Waals surface area contributed by atoms with Gasteiger partial charge in [-0.2, -0.15) is 0 Å². The zero-order valence-corrected chi connectivity index (χ0v) is 12.9. The molecule has 0 spiro atoms. The lowest BCUT2D eigenvalue weighted by molar-refractivity contribution is 0.0972. The number of Topliss-reactive ketones (excluding diaryl/α,β-unsaturated/α-hetero) is 1. The molecule has 0 bridgehead atoms. The summed E-state index contributed by atoms with van der Waals surface area (Å²) >= 11 is 1.56. The molecule has 3 heteroatoms. The highest BCUT2D eigenvalue weighted by atomic mass is 32.1. The van der Waals surface area contributed by atoms with Gasteiger partial charge in [0.2, 0.25) is 0 Å². The number of ketones is 1. The van der Waals surface area contributed by atoms with Crippen molar-refractivity contribution in [3.63, 3.8) is 0 Å². The van der Waals surface area contributed by atoms with Gasteiger partial charge in [0.25, 0.3) is 0 Å². The average Bonchev–Trinajstić information content (AvgIpc) is 2.92. The van der Waals surface area contributed by atoms with Gasteiger partial charge in [-0.25, -0.2) is 0 Å². The number of rotatable bonds is 6. The van der Waals surface area contributed by atoms with E-state index in [-0.39, 0.29) is 0 Å². The molecular weight excluding hydrogens is 254 g/mol. The molecule has 19 heavy (non-hydrogen) atoms. The van der Waals surface area contributed by atoms with Gasteiger partial charge in [-0.3, -0.25) is 4.79 Å². The molecule has 1 aliphatic carbocycles. The van der Waals surface area contributed by atoms with E-state index in [2.05, 4.69) is 18.9 Å². The van der Waals surface area contributed by atoms with Gasteiger partial charge in [-0.05, 0) is 50.2 Å². The maximum Gasteiger partial charge on any atom is 0.172 e. The Morgan fingerprint density at radius 3 is 3.00 bits per heavy atom. The van der Waals surface area contributed by atoms with Crippen molar-refractivity contribution in [1.82, 2.24) is 4.90 Å². The minimum atomic E-state index is 0.306. The van der Waals surface area contributed by atoms with E-state index in [4.69, 9.17) is 0 Å². The number of nitrogens with zero attached hydrogens (tertiary/aromatic N) is 1. The van der Waals surface area contributed by atoms with Crippen molar-refractivity contribution in [2.75, 3.05) is 13.6 Å². The number of hydrogen-bond acceptors (Lipinski definition) is 3. The predicted octanol–water partition coefficient (Wildman–Crippen LogP) is 4.22. The normalized spacial score (nSPS) is 23.7. The lowest BCUT2D eigenvalue weighted by Gasteiger charge is -2.34. The molecule has 1 aromatic heterocycles. The highest BCUT2D eigenvalue weighted by molar-refractivity contribution is 7.12. The van der Waals surface area contributed by atoms with E-state index in [1.165, 1.54) is 25.7 Å². The Labute approximate surface area is 120 Å². The van der Waals surface area contributed by atoms with Crippen LogP contribution in [0.2, 0.25) is 0 Å². The first-order valence-electron chi connectivity index (χ1n) is 7.43. The molecule has 0 saturated heterocycles. The molecule has 1 aromatic rings. The Hall–Kier alpha value is -0.670. The van der Waals surface area contributed by atoms with Crippen molar-refractivity contribution < 1.29 is 4.79 Å². The second-order valence-corrected chi connectivity index (χ2v) is 6.86. The summed E-state index contributed by atoms with van der Waals surface area (Å²) < 4.78 is 0. The summed E-state index contributed by atoms with van der Waals surface area (Å²) in [6, 6.07) is 4.62. The van der Waals surface area contributed by atoms with Gasteiger partial charge >= 0.3 is 0 Å². The molecule has 1 saturated carbocycles. The summed E-state index contributed by atoms with van der Waals surface area (Å²) in [7, 11) is 2.22. The smallest absolute Gasteiger partial charge is 0.172 e. The van der Waals surface area contributed by atoms with Crippen molar-refractivity contribution in [2.24, 2.45) is 5.92 Å². The summed E-state index contributed by atoms with van der Waals surface area (Å²) in [5, 5.41) is 1.97. The first-order chi connectivity index (χ1) is 9.16. The van der Waals surface area contributed by atoms with Crippen LogP contribution in [0.4, 0.5) is 0 Å². The van der Waals surface area contributed by atoms with Gasteiger partial charge in [-0.1, -0.05) is 25.8 Å². The quantitative estimate of drug-likeness (QED) is 0.727. The Kier molecular flexibility index (Phi) is 5.59. The molecule has 0 amide bonds. The largest absolute Gasteiger partial charge is 0.303 e. The van der Waals surface area contributed by atoms with Crippen LogP contribution < -0.4 is 0 Å². The predicted molar refractivity (Wildman–Crippen MR) is 81.9 cm³/mol.